The Morgan fingerprint density at radius 3 is 2.71 bits per heavy atom. The van der Waals surface area contributed by atoms with Crippen molar-refractivity contribution in [3.05, 3.63) is 55.8 Å². The molecule has 0 bridgehead atoms. The monoisotopic (exact) mass is 411 g/mol. The second kappa shape index (κ2) is 6.92. The van der Waals surface area contributed by atoms with Crippen molar-refractivity contribution in [2.45, 2.75) is 31.7 Å². The molecule has 1 atom stereocenters. The molecular formula is C17H18INOS. The zero-order chi connectivity index (χ0) is 14.7. The molecule has 1 aliphatic rings. The van der Waals surface area contributed by atoms with Gasteiger partial charge < -0.3 is 5.32 Å². The van der Waals surface area contributed by atoms with Crippen molar-refractivity contribution in [1.29, 1.82) is 0 Å². The largest absolute Gasteiger partial charge is 0.344 e. The Hall–Kier alpha value is -0.880. The van der Waals surface area contributed by atoms with Crippen LogP contribution in [0.3, 0.4) is 0 Å². The highest BCUT2D eigenvalue weighted by Gasteiger charge is 2.28. The van der Waals surface area contributed by atoms with Gasteiger partial charge in [0, 0.05) is 14.0 Å². The molecule has 1 amide bonds. The third-order valence-corrected chi connectivity index (χ3v) is 5.72. The van der Waals surface area contributed by atoms with Crippen LogP contribution >= 0.6 is 33.9 Å². The minimum Gasteiger partial charge on any atom is -0.344 e. The van der Waals surface area contributed by atoms with Gasteiger partial charge in [0.15, 0.2) is 0 Å². The lowest BCUT2D eigenvalue weighted by molar-refractivity contribution is 0.0922. The number of benzene rings is 1. The Kier molecular flexibility index (Phi) is 4.95. The first kappa shape index (κ1) is 15.0. The van der Waals surface area contributed by atoms with E-state index in [1.165, 1.54) is 30.6 Å². The van der Waals surface area contributed by atoms with Crippen LogP contribution in [-0.2, 0) is 0 Å². The SMILES string of the molecule is O=C(NC(c1cccs1)C1CCCC1)c1cccc(I)c1. The molecule has 3 rings (SSSR count). The van der Waals surface area contributed by atoms with Gasteiger partial charge in [0.2, 0.25) is 0 Å². The lowest BCUT2D eigenvalue weighted by Crippen LogP contribution is -2.32. The second-order valence-electron chi connectivity index (χ2n) is 5.52. The molecular weight excluding hydrogens is 393 g/mol. The highest BCUT2D eigenvalue weighted by Crippen LogP contribution is 2.37. The number of hydrogen-bond donors (Lipinski definition) is 1. The van der Waals surface area contributed by atoms with Gasteiger partial charge in [-0.05, 0) is 71.0 Å². The predicted molar refractivity (Wildman–Crippen MR) is 95.6 cm³/mol. The summed E-state index contributed by atoms with van der Waals surface area (Å²) >= 11 is 3.99. The maximum Gasteiger partial charge on any atom is 0.251 e. The Morgan fingerprint density at radius 2 is 2.05 bits per heavy atom. The lowest BCUT2D eigenvalue weighted by atomic mass is 9.96. The number of nitrogens with one attached hydrogen (secondary N) is 1. The fraction of sp³-hybridized carbons (Fsp3) is 0.353. The molecule has 0 aliphatic heterocycles. The van der Waals surface area contributed by atoms with Crippen molar-refractivity contribution in [2.75, 3.05) is 0 Å². The van der Waals surface area contributed by atoms with Crippen LogP contribution in [0, 0.1) is 9.49 Å². The van der Waals surface area contributed by atoms with Gasteiger partial charge in [-0.15, -0.1) is 11.3 Å². The zero-order valence-corrected chi connectivity index (χ0v) is 14.7. The van der Waals surface area contributed by atoms with Crippen molar-refractivity contribution >= 4 is 39.8 Å². The molecule has 1 heterocycles. The highest BCUT2D eigenvalue weighted by molar-refractivity contribution is 14.1. The number of carbonyl (C=O) groups excluding carboxylic acids is 1. The van der Waals surface area contributed by atoms with Crippen LogP contribution in [0.15, 0.2) is 41.8 Å². The van der Waals surface area contributed by atoms with Crippen molar-refractivity contribution in [1.82, 2.24) is 5.32 Å². The molecule has 2 nitrogen and oxygen atoms in total. The fourth-order valence-corrected chi connectivity index (χ4v) is 4.45. The van der Waals surface area contributed by atoms with Crippen molar-refractivity contribution < 1.29 is 4.79 Å². The summed E-state index contributed by atoms with van der Waals surface area (Å²) in [7, 11) is 0. The molecule has 0 saturated heterocycles. The number of carbonyl (C=O) groups is 1. The standard InChI is InChI=1S/C17H18INOS/c18-14-8-3-7-13(11-14)17(20)19-16(12-5-1-2-6-12)15-9-4-10-21-15/h3-4,7-12,16H,1-2,5-6H2,(H,19,20). The van der Waals surface area contributed by atoms with Crippen molar-refractivity contribution in [2.24, 2.45) is 5.92 Å². The quantitative estimate of drug-likeness (QED) is 0.704. The summed E-state index contributed by atoms with van der Waals surface area (Å²) in [5, 5.41) is 5.37. The third kappa shape index (κ3) is 3.66. The molecule has 0 spiro atoms. The van der Waals surface area contributed by atoms with Gasteiger partial charge in [-0.3, -0.25) is 4.79 Å². The number of thiophene rings is 1. The normalized spacial score (nSPS) is 16.8. The molecule has 1 N–H and O–H groups in total. The van der Waals surface area contributed by atoms with E-state index in [2.05, 4.69) is 45.4 Å². The van der Waals surface area contributed by atoms with Crippen molar-refractivity contribution in [3.8, 4) is 0 Å². The average Bonchev–Trinajstić information content (AvgIpc) is 3.18. The minimum absolute atomic E-state index is 0.0406. The highest BCUT2D eigenvalue weighted by atomic mass is 127. The topological polar surface area (TPSA) is 29.1 Å². The second-order valence-corrected chi connectivity index (χ2v) is 7.75. The van der Waals surface area contributed by atoms with Crippen LogP contribution < -0.4 is 5.32 Å². The Bertz CT molecular complexity index is 605. The molecule has 1 aromatic heterocycles. The van der Waals surface area contributed by atoms with Gasteiger partial charge in [-0.25, -0.2) is 0 Å². The summed E-state index contributed by atoms with van der Waals surface area (Å²) in [5.74, 6) is 0.620. The van der Waals surface area contributed by atoms with Gasteiger partial charge in [0.05, 0.1) is 6.04 Å². The van der Waals surface area contributed by atoms with E-state index in [1.54, 1.807) is 11.3 Å². The molecule has 4 heteroatoms. The average molecular weight is 411 g/mol. The molecule has 2 aromatic rings. The number of hydrogen-bond acceptors (Lipinski definition) is 2. The van der Waals surface area contributed by atoms with E-state index in [1.807, 2.05) is 24.3 Å². The van der Waals surface area contributed by atoms with Crippen LogP contribution in [0.2, 0.25) is 0 Å². The van der Waals surface area contributed by atoms with E-state index in [-0.39, 0.29) is 11.9 Å². The molecule has 1 fully saturated rings. The van der Waals surface area contributed by atoms with E-state index in [9.17, 15) is 4.79 Å². The first-order valence-corrected chi connectivity index (χ1v) is 9.30. The summed E-state index contributed by atoms with van der Waals surface area (Å²) in [5.41, 5.74) is 0.751. The summed E-state index contributed by atoms with van der Waals surface area (Å²) in [6, 6.07) is 12.1. The summed E-state index contributed by atoms with van der Waals surface area (Å²) < 4.78 is 1.09. The van der Waals surface area contributed by atoms with Gasteiger partial charge in [-0.2, -0.15) is 0 Å². The van der Waals surface area contributed by atoms with E-state index >= 15 is 0 Å². The maximum atomic E-state index is 12.5. The van der Waals surface area contributed by atoms with Crippen LogP contribution in [0.1, 0.15) is 47.0 Å². The fourth-order valence-electron chi connectivity index (χ4n) is 3.03. The van der Waals surface area contributed by atoms with E-state index < -0.39 is 0 Å². The van der Waals surface area contributed by atoms with E-state index in [0.29, 0.717) is 5.92 Å². The molecule has 1 aromatic carbocycles. The smallest absolute Gasteiger partial charge is 0.251 e. The van der Waals surface area contributed by atoms with Gasteiger partial charge in [0.25, 0.3) is 5.91 Å². The molecule has 1 unspecified atom stereocenters. The molecule has 1 aliphatic carbocycles. The summed E-state index contributed by atoms with van der Waals surface area (Å²) in [4.78, 5) is 13.8. The Labute approximate surface area is 143 Å². The minimum atomic E-state index is 0.0406. The van der Waals surface area contributed by atoms with Crippen LogP contribution in [-0.4, -0.2) is 5.91 Å². The molecule has 110 valence electrons. The first-order chi connectivity index (χ1) is 10.2. The zero-order valence-electron chi connectivity index (χ0n) is 11.7. The third-order valence-electron chi connectivity index (χ3n) is 4.09. The lowest BCUT2D eigenvalue weighted by Gasteiger charge is -2.24. The van der Waals surface area contributed by atoms with Gasteiger partial charge in [0.1, 0.15) is 0 Å². The number of rotatable bonds is 4. The van der Waals surface area contributed by atoms with Crippen LogP contribution in [0.25, 0.3) is 0 Å². The van der Waals surface area contributed by atoms with Gasteiger partial charge in [-0.1, -0.05) is 25.0 Å². The summed E-state index contributed by atoms with van der Waals surface area (Å²) in [6.45, 7) is 0. The Balaban J connectivity index is 1.79. The van der Waals surface area contributed by atoms with Crippen LogP contribution in [0.5, 0.6) is 0 Å². The summed E-state index contributed by atoms with van der Waals surface area (Å²) in [6.07, 6.45) is 5.00. The Morgan fingerprint density at radius 1 is 1.24 bits per heavy atom. The van der Waals surface area contributed by atoms with Crippen LogP contribution in [0.4, 0.5) is 0 Å². The maximum absolute atomic E-state index is 12.5. The van der Waals surface area contributed by atoms with E-state index in [4.69, 9.17) is 0 Å². The van der Waals surface area contributed by atoms with Crippen molar-refractivity contribution in [3.63, 3.8) is 0 Å². The van der Waals surface area contributed by atoms with Gasteiger partial charge >= 0.3 is 0 Å². The molecule has 21 heavy (non-hydrogen) atoms. The predicted octanol–water partition coefficient (Wildman–Crippen LogP) is 5.01. The number of halogens is 1. The van der Waals surface area contributed by atoms with E-state index in [0.717, 1.165) is 9.13 Å². The molecule has 0 radical (unpaired) electrons. The first-order valence-electron chi connectivity index (χ1n) is 7.34. The number of amides is 1. The molecule has 1 saturated carbocycles.